The van der Waals surface area contributed by atoms with Crippen LogP contribution in [0.5, 0.6) is 0 Å². The van der Waals surface area contributed by atoms with Crippen LogP contribution in [-0.2, 0) is 17.7 Å². The summed E-state index contributed by atoms with van der Waals surface area (Å²) in [7, 11) is 0. The van der Waals surface area contributed by atoms with Crippen LogP contribution in [0, 0.1) is 6.07 Å². The molecule has 3 heteroatoms. The second-order valence-corrected chi connectivity index (χ2v) is 4.30. The van der Waals surface area contributed by atoms with Gasteiger partial charge in [0, 0.05) is 13.1 Å². The van der Waals surface area contributed by atoms with E-state index >= 15 is 0 Å². The number of hydrogen-bond donors (Lipinski definition) is 0. The Labute approximate surface area is 96.0 Å². The Morgan fingerprint density at radius 3 is 3.06 bits per heavy atom. The smallest absolute Gasteiger partial charge is 0.410 e. The number of carbonyl (C=O) groups excluding carboxylic acids is 1. The normalized spacial score (nSPS) is 14.8. The fourth-order valence-electron chi connectivity index (χ4n) is 1.86. The maximum absolute atomic E-state index is 11.7. The van der Waals surface area contributed by atoms with Crippen molar-refractivity contribution in [1.82, 2.24) is 4.90 Å². The molecule has 0 N–H and O–H groups in total. The summed E-state index contributed by atoms with van der Waals surface area (Å²) < 4.78 is 5.18. The van der Waals surface area contributed by atoms with Crippen LogP contribution in [0.25, 0.3) is 0 Å². The van der Waals surface area contributed by atoms with E-state index in [1.807, 2.05) is 32.0 Å². The zero-order valence-electron chi connectivity index (χ0n) is 9.69. The number of amides is 1. The van der Waals surface area contributed by atoms with E-state index in [2.05, 4.69) is 6.07 Å². The summed E-state index contributed by atoms with van der Waals surface area (Å²) >= 11 is 0. The Morgan fingerprint density at radius 2 is 2.31 bits per heavy atom. The summed E-state index contributed by atoms with van der Waals surface area (Å²) in [4.78, 5) is 13.5. The van der Waals surface area contributed by atoms with Crippen molar-refractivity contribution in [2.24, 2.45) is 0 Å². The van der Waals surface area contributed by atoms with Crippen molar-refractivity contribution in [2.45, 2.75) is 32.9 Å². The number of fused-ring (bicyclic) bond motifs is 1. The molecule has 0 saturated carbocycles. The zero-order chi connectivity index (χ0) is 11.5. The van der Waals surface area contributed by atoms with Crippen LogP contribution >= 0.6 is 0 Å². The molecular weight excluding hydrogens is 202 g/mol. The number of rotatable bonds is 1. The van der Waals surface area contributed by atoms with E-state index < -0.39 is 0 Å². The number of carbonyl (C=O) groups is 1. The predicted molar refractivity (Wildman–Crippen MR) is 61.0 cm³/mol. The second kappa shape index (κ2) is 4.56. The number of hydrogen-bond acceptors (Lipinski definition) is 2. The highest BCUT2D eigenvalue weighted by molar-refractivity contribution is 5.68. The number of nitrogens with zero attached hydrogens (tertiary/aromatic N) is 1. The summed E-state index contributed by atoms with van der Waals surface area (Å²) in [6.45, 7) is 5.11. The highest BCUT2D eigenvalue weighted by Gasteiger charge is 2.21. The third kappa shape index (κ3) is 2.35. The molecule has 1 amide bonds. The molecule has 16 heavy (non-hydrogen) atoms. The maximum Gasteiger partial charge on any atom is 0.410 e. The van der Waals surface area contributed by atoms with E-state index in [0.717, 1.165) is 13.0 Å². The molecule has 0 spiro atoms. The van der Waals surface area contributed by atoms with Gasteiger partial charge in [-0.3, -0.25) is 0 Å². The first-order chi connectivity index (χ1) is 7.66. The average Bonchev–Trinajstić information content (AvgIpc) is 2.27. The summed E-state index contributed by atoms with van der Waals surface area (Å²) in [6, 6.07) is 8.97. The zero-order valence-corrected chi connectivity index (χ0v) is 9.69. The van der Waals surface area contributed by atoms with Crippen molar-refractivity contribution in [3.05, 3.63) is 35.4 Å². The lowest BCUT2D eigenvalue weighted by Gasteiger charge is -2.28. The third-order valence-electron chi connectivity index (χ3n) is 2.66. The molecule has 0 bridgehead atoms. The fraction of sp³-hybridized carbons (Fsp3) is 0.462. The van der Waals surface area contributed by atoms with Gasteiger partial charge in [0.05, 0.1) is 6.10 Å². The van der Waals surface area contributed by atoms with Crippen LogP contribution in [0.1, 0.15) is 25.0 Å². The Hall–Kier alpha value is -1.51. The van der Waals surface area contributed by atoms with E-state index in [0.29, 0.717) is 6.54 Å². The molecule has 2 rings (SSSR count). The molecule has 0 atom stereocenters. The van der Waals surface area contributed by atoms with Gasteiger partial charge in [0.25, 0.3) is 0 Å². The predicted octanol–water partition coefficient (Wildman–Crippen LogP) is 2.39. The van der Waals surface area contributed by atoms with Gasteiger partial charge in [0.2, 0.25) is 0 Å². The Morgan fingerprint density at radius 1 is 1.50 bits per heavy atom. The summed E-state index contributed by atoms with van der Waals surface area (Å²) in [5, 5.41) is 0. The first-order valence-corrected chi connectivity index (χ1v) is 5.60. The van der Waals surface area contributed by atoms with Crippen molar-refractivity contribution in [3.63, 3.8) is 0 Å². The first kappa shape index (κ1) is 11.0. The minimum atomic E-state index is -0.214. The van der Waals surface area contributed by atoms with E-state index in [4.69, 9.17) is 4.74 Å². The molecule has 1 aromatic rings. The van der Waals surface area contributed by atoms with Crippen LogP contribution in [0.2, 0.25) is 0 Å². The van der Waals surface area contributed by atoms with Gasteiger partial charge in [-0.25, -0.2) is 4.79 Å². The van der Waals surface area contributed by atoms with Crippen molar-refractivity contribution in [2.75, 3.05) is 6.54 Å². The summed E-state index contributed by atoms with van der Waals surface area (Å²) in [5.41, 5.74) is 2.49. The van der Waals surface area contributed by atoms with Crippen molar-refractivity contribution < 1.29 is 9.53 Å². The Kier molecular flexibility index (Phi) is 3.13. The molecule has 1 aliphatic rings. The lowest BCUT2D eigenvalue weighted by atomic mass is 10.0. The molecule has 0 saturated heterocycles. The highest BCUT2D eigenvalue weighted by Crippen LogP contribution is 2.18. The molecule has 0 aromatic heterocycles. The number of ether oxygens (including phenoxy) is 1. The molecule has 1 radical (unpaired) electrons. The van der Waals surface area contributed by atoms with Crippen LogP contribution in [0.4, 0.5) is 4.79 Å². The molecular formula is C13H16NO2. The number of benzene rings is 1. The van der Waals surface area contributed by atoms with Gasteiger partial charge in [0.1, 0.15) is 0 Å². The lowest BCUT2D eigenvalue weighted by Crippen LogP contribution is -2.37. The largest absolute Gasteiger partial charge is 0.447 e. The van der Waals surface area contributed by atoms with Crippen LogP contribution in [0.15, 0.2) is 18.2 Å². The average molecular weight is 218 g/mol. The summed E-state index contributed by atoms with van der Waals surface area (Å²) in [6.07, 6.45) is 0.617. The van der Waals surface area contributed by atoms with Gasteiger partial charge in [0.15, 0.2) is 0 Å². The minimum absolute atomic E-state index is 0.0574. The van der Waals surface area contributed by atoms with E-state index in [1.54, 1.807) is 4.90 Å². The van der Waals surface area contributed by atoms with E-state index in [1.165, 1.54) is 11.1 Å². The lowest BCUT2D eigenvalue weighted by molar-refractivity contribution is 0.0730. The van der Waals surface area contributed by atoms with Crippen LogP contribution in [0.3, 0.4) is 0 Å². The monoisotopic (exact) mass is 218 g/mol. The highest BCUT2D eigenvalue weighted by atomic mass is 16.6. The standard InChI is InChI=1S/C13H16NO2/c1-10(2)16-13(15)14-8-7-11-5-3-4-6-12(11)9-14/h4-6,10H,7-9H2,1-2H3. The molecule has 1 heterocycles. The Balaban J connectivity index is 2.05. The molecule has 0 fully saturated rings. The van der Waals surface area contributed by atoms with Crippen LogP contribution < -0.4 is 0 Å². The van der Waals surface area contributed by atoms with Gasteiger partial charge >= 0.3 is 6.09 Å². The summed E-state index contributed by atoms with van der Waals surface area (Å²) in [5.74, 6) is 0. The quantitative estimate of drug-likeness (QED) is 0.724. The Bertz CT molecular complexity index is 387. The van der Waals surface area contributed by atoms with Crippen molar-refractivity contribution in [1.29, 1.82) is 0 Å². The van der Waals surface area contributed by atoms with Crippen molar-refractivity contribution >= 4 is 6.09 Å². The third-order valence-corrected chi connectivity index (χ3v) is 2.66. The van der Waals surface area contributed by atoms with Gasteiger partial charge in [-0.15, -0.1) is 0 Å². The van der Waals surface area contributed by atoms with Gasteiger partial charge in [-0.05, 0) is 37.5 Å². The van der Waals surface area contributed by atoms with E-state index in [9.17, 15) is 4.79 Å². The molecule has 3 nitrogen and oxygen atoms in total. The SMILES string of the molecule is CC(C)OC(=O)N1CCc2c[c]ccc2C1. The van der Waals surface area contributed by atoms with Crippen molar-refractivity contribution in [3.8, 4) is 0 Å². The minimum Gasteiger partial charge on any atom is -0.447 e. The molecule has 0 unspecified atom stereocenters. The maximum atomic E-state index is 11.7. The van der Waals surface area contributed by atoms with Gasteiger partial charge < -0.3 is 9.64 Å². The van der Waals surface area contributed by atoms with Gasteiger partial charge in [-0.2, -0.15) is 0 Å². The fourth-order valence-corrected chi connectivity index (χ4v) is 1.86. The topological polar surface area (TPSA) is 29.5 Å². The molecule has 1 aromatic carbocycles. The molecule has 1 aliphatic heterocycles. The molecule has 0 aliphatic carbocycles. The van der Waals surface area contributed by atoms with Gasteiger partial charge in [-0.1, -0.05) is 18.2 Å². The van der Waals surface area contributed by atoms with Crippen LogP contribution in [-0.4, -0.2) is 23.6 Å². The first-order valence-electron chi connectivity index (χ1n) is 5.60. The molecule has 85 valence electrons. The van der Waals surface area contributed by atoms with E-state index in [-0.39, 0.29) is 12.2 Å². The second-order valence-electron chi connectivity index (χ2n) is 4.30.